The third-order valence-corrected chi connectivity index (χ3v) is 6.07. The van der Waals surface area contributed by atoms with Crippen LogP contribution >= 0.6 is 0 Å². The molecule has 120 valence electrons. The Morgan fingerprint density at radius 2 is 2.05 bits per heavy atom. The number of piperidine rings is 1. The second kappa shape index (κ2) is 8.97. The molecule has 1 heterocycles. The van der Waals surface area contributed by atoms with Gasteiger partial charge in [-0.25, -0.2) is 13.1 Å². The monoisotopic (exact) mass is 305 g/mol. The van der Waals surface area contributed by atoms with Crippen LogP contribution in [0, 0.1) is 0 Å². The van der Waals surface area contributed by atoms with Crippen molar-refractivity contribution < 1.29 is 8.42 Å². The fraction of sp³-hybridized carbons (Fsp3) is 1.00. The predicted octanol–water partition coefficient (Wildman–Crippen LogP) is 1.17. The van der Waals surface area contributed by atoms with E-state index in [0.717, 1.165) is 51.9 Å². The minimum Gasteiger partial charge on any atom is -0.315 e. The molecule has 2 unspecified atom stereocenters. The first-order chi connectivity index (χ1) is 9.49. The van der Waals surface area contributed by atoms with Crippen molar-refractivity contribution in [1.29, 1.82) is 0 Å². The Kier molecular flexibility index (Phi) is 8.02. The maximum atomic E-state index is 12.2. The summed E-state index contributed by atoms with van der Waals surface area (Å²) < 4.78 is 27.3. The number of hydrogen-bond donors (Lipinski definition) is 2. The van der Waals surface area contributed by atoms with Crippen molar-refractivity contribution in [2.75, 3.05) is 32.7 Å². The van der Waals surface area contributed by atoms with Crippen LogP contribution in [-0.2, 0) is 10.0 Å². The highest BCUT2D eigenvalue weighted by molar-refractivity contribution is 7.90. The summed E-state index contributed by atoms with van der Waals surface area (Å²) in [4.78, 5) is 2.37. The summed E-state index contributed by atoms with van der Waals surface area (Å²) in [6, 6.07) is 0.0255. The van der Waals surface area contributed by atoms with Crippen LogP contribution in [0.5, 0.6) is 0 Å². The minimum absolute atomic E-state index is 0.0255. The molecule has 0 aromatic heterocycles. The third-order valence-electron chi connectivity index (χ3n) is 4.06. The molecule has 0 spiro atoms. The van der Waals surface area contributed by atoms with Crippen molar-refractivity contribution >= 4 is 10.0 Å². The molecule has 1 saturated heterocycles. The van der Waals surface area contributed by atoms with Gasteiger partial charge in [-0.1, -0.05) is 13.8 Å². The second-order valence-electron chi connectivity index (χ2n) is 5.70. The second-order valence-corrected chi connectivity index (χ2v) is 7.69. The van der Waals surface area contributed by atoms with Crippen LogP contribution in [-0.4, -0.2) is 57.3 Å². The van der Waals surface area contributed by atoms with E-state index in [1.54, 1.807) is 0 Å². The van der Waals surface area contributed by atoms with Crippen molar-refractivity contribution in [2.45, 2.75) is 57.7 Å². The van der Waals surface area contributed by atoms with Crippen LogP contribution in [0.1, 0.15) is 46.5 Å². The zero-order valence-corrected chi connectivity index (χ0v) is 14.0. The number of hydrogen-bond acceptors (Lipinski definition) is 4. The Labute approximate surface area is 124 Å². The van der Waals surface area contributed by atoms with Gasteiger partial charge in [0.1, 0.15) is 0 Å². The molecule has 1 rings (SSSR count). The van der Waals surface area contributed by atoms with E-state index in [-0.39, 0.29) is 11.3 Å². The first-order valence-corrected chi connectivity index (χ1v) is 9.48. The lowest BCUT2D eigenvalue weighted by molar-refractivity contribution is 0.293. The third kappa shape index (κ3) is 6.08. The zero-order valence-electron chi connectivity index (χ0n) is 13.2. The normalized spacial score (nSPS) is 22.1. The van der Waals surface area contributed by atoms with Crippen molar-refractivity contribution in [3.63, 3.8) is 0 Å². The number of sulfonamides is 1. The molecular weight excluding hydrogens is 274 g/mol. The van der Waals surface area contributed by atoms with Crippen LogP contribution in [0.3, 0.4) is 0 Å². The van der Waals surface area contributed by atoms with Gasteiger partial charge in [0.15, 0.2) is 0 Å². The van der Waals surface area contributed by atoms with Gasteiger partial charge in [0.25, 0.3) is 0 Å². The van der Waals surface area contributed by atoms with Gasteiger partial charge in [-0.05, 0) is 58.8 Å². The van der Waals surface area contributed by atoms with Crippen LogP contribution in [0.2, 0.25) is 0 Å². The van der Waals surface area contributed by atoms with Gasteiger partial charge in [-0.2, -0.15) is 0 Å². The Balaban J connectivity index is 2.31. The molecule has 20 heavy (non-hydrogen) atoms. The Morgan fingerprint density at radius 3 is 2.60 bits per heavy atom. The van der Waals surface area contributed by atoms with Gasteiger partial charge in [-0.3, -0.25) is 0 Å². The molecule has 2 N–H and O–H groups in total. The van der Waals surface area contributed by atoms with E-state index in [1.807, 2.05) is 6.92 Å². The number of rotatable bonds is 9. The largest absolute Gasteiger partial charge is 0.315 e. The molecule has 1 fully saturated rings. The van der Waals surface area contributed by atoms with Crippen molar-refractivity contribution in [3.8, 4) is 0 Å². The maximum absolute atomic E-state index is 12.2. The van der Waals surface area contributed by atoms with Gasteiger partial charge in [-0.15, -0.1) is 0 Å². The summed E-state index contributed by atoms with van der Waals surface area (Å²) in [7, 11) is -3.17. The zero-order chi connectivity index (χ0) is 15.0. The number of nitrogens with one attached hydrogen (secondary N) is 2. The molecule has 6 heteroatoms. The summed E-state index contributed by atoms with van der Waals surface area (Å²) in [5.74, 6) is 0. The van der Waals surface area contributed by atoms with Gasteiger partial charge >= 0.3 is 0 Å². The molecular formula is C14H31N3O2S. The van der Waals surface area contributed by atoms with E-state index >= 15 is 0 Å². The molecule has 0 saturated carbocycles. The molecule has 0 bridgehead atoms. The Hall–Kier alpha value is -0.170. The molecule has 1 aliphatic heterocycles. The summed E-state index contributed by atoms with van der Waals surface area (Å²) >= 11 is 0. The molecule has 0 aromatic rings. The lowest BCUT2D eigenvalue weighted by Crippen LogP contribution is -2.46. The van der Waals surface area contributed by atoms with Gasteiger partial charge in [0.2, 0.25) is 10.0 Å². The molecule has 0 radical (unpaired) electrons. The van der Waals surface area contributed by atoms with Gasteiger partial charge in [0.05, 0.1) is 5.25 Å². The van der Waals surface area contributed by atoms with Crippen LogP contribution in [0.25, 0.3) is 0 Å². The minimum atomic E-state index is -3.17. The van der Waals surface area contributed by atoms with E-state index in [2.05, 4.69) is 28.8 Å². The summed E-state index contributed by atoms with van der Waals surface area (Å²) in [6.07, 6.45) is 3.65. The van der Waals surface area contributed by atoms with Crippen LogP contribution in [0.15, 0.2) is 0 Å². The van der Waals surface area contributed by atoms with E-state index in [9.17, 15) is 8.42 Å². The smallest absolute Gasteiger partial charge is 0.215 e. The summed E-state index contributed by atoms with van der Waals surface area (Å²) in [5, 5.41) is 2.90. The molecule has 0 amide bonds. The molecule has 1 aliphatic rings. The lowest BCUT2D eigenvalue weighted by Gasteiger charge is -2.25. The number of nitrogens with zero attached hydrogens (tertiary/aromatic N) is 1. The molecule has 0 aromatic carbocycles. The standard InChI is InChI=1S/C14H31N3O2S/c1-4-17(5-2)11-7-8-13(3)16-20(18,19)14-9-6-10-15-12-14/h13-16H,4-12H2,1-3H3. The fourth-order valence-corrected chi connectivity index (χ4v) is 4.37. The first kappa shape index (κ1) is 17.9. The Morgan fingerprint density at radius 1 is 1.35 bits per heavy atom. The SMILES string of the molecule is CCN(CC)CCCC(C)NS(=O)(=O)C1CCCNC1. The van der Waals surface area contributed by atoms with E-state index < -0.39 is 10.0 Å². The highest BCUT2D eigenvalue weighted by Crippen LogP contribution is 2.12. The van der Waals surface area contributed by atoms with Crippen molar-refractivity contribution in [2.24, 2.45) is 0 Å². The van der Waals surface area contributed by atoms with E-state index in [1.165, 1.54) is 0 Å². The average molecular weight is 305 g/mol. The fourth-order valence-electron chi connectivity index (χ4n) is 2.68. The molecule has 0 aliphatic carbocycles. The summed E-state index contributed by atoms with van der Waals surface area (Å²) in [5.41, 5.74) is 0. The topological polar surface area (TPSA) is 61.4 Å². The van der Waals surface area contributed by atoms with Crippen LogP contribution < -0.4 is 10.0 Å². The van der Waals surface area contributed by atoms with Crippen molar-refractivity contribution in [3.05, 3.63) is 0 Å². The van der Waals surface area contributed by atoms with E-state index in [4.69, 9.17) is 0 Å². The van der Waals surface area contributed by atoms with Gasteiger partial charge < -0.3 is 10.2 Å². The highest BCUT2D eigenvalue weighted by Gasteiger charge is 2.28. The average Bonchev–Trinajstić information content (AvgIpc) is 2.44. The first-order valence-electron chi connectivity index (χ1n) is 7.93. The highest BCUT2D eigenvalue weighted by atomic mass is 32.2. The van der Waals surface area contributed by atoms with Crippen LogP contribution in [0.4, 0.5) is 0 Å². The molecule has 5 nitrogen and oxygen atoms in total. The predicted molar refractivity (Wildman–Crippen MR) is 84.4 cm³/mol. The Bertz CT molecular complexity index is 349. The maximum Gasteiger partial charge on any atom is 0.215 e. The molecule has 2 atom stereocenters. The van der Waals surface area contributed by atoms with Crippen molar-refractivity contribution in [1.82, 2.24) is 14.9 Å². The van der Waals surface area contributed by atoms with E-state index in [0.29, 0.717) is 6.54 Å². The summed E-state index contributed by atoms with van der Waals surface area (Å²) in [6.45, 7) is 11.0. The van der Waals surface area contributed by atoms with Gasteiger partial charge in [0, 0.05) is 12.6 Å². The lowest BCUT2D eigenvalue weighted by atomic mass is 10.2. The quantitative estimate of drug-likeness (QED) is 0.671.